The third kappa shape index (κ3) is 4.06. The molecule has 0 aromatic heterocycles. The van der Waals surface area contributed by atoms with Gasteiger partial charge in [0.25, 0.3) is 5.91 Å². The van der Waals surface area contributed by atoms with Crippen molar-refractivity contribution in [1.29, 1.82) is 0 Å². The van der Waals surface area contributed by atoms with Gasteiger partial charge in [-0.25, -0.2) is 4.79 Å². The molecule has 0 aliphatic heterocycles. The fraction of sp³-hybridized carbons (Fsp3) is 0.429. The Labute approximate surface area is 112 Å². The molecular formula is C14H19NO4. The molecule has 5 heteroatoms. The van der Waals surface area contributed by atoms with E-state index in [9.17, 15) is 9.59 Å². The van der Waals surface area contributed by atoms with Crippen molar-refractivity contribution in [3.63, 3.8) is 0 Å². The molecule has 0 aliphatic carbocycles. The monoisotopic (exact) mass is 265 g/mol. The van der Waals surface area contributed by atoms with Crippen LogP contribution in [0.25, 0.3) is 0 Å². The number of carbonyl (C=O) groups excluding carboxylic acids is 1. The predicted molar refractivity (Wildman–Crippen MR) is 71.3 cm³/mol. The summed E-state index contributed by atoms with van der Waals surface area (Å²) in [6.07, 6.45) is 1.75. The topological polar surface area (TPSA) is 77.8 Å². The molecule has 0 aliphatic rings. The number of aromatic carboxylic acids is 1. The summed E-state index contributed by atoms with van der Waals surface area (Å²) in [4.78, 5) is 24.9. The van der Waals surface area contributed by atoms with Crippen LogP contribution in [0.3, 0.4) is 0 Å². The number of rotatable bonds is 7. The summed E-state index contributed by atoms with van der Waals surface area (Å²) in [5.74, 6) is -1.47. The standard InChI is InChI=1S/C14H19NO4/c1-2-3-8-15(9-10-16)13(17)11-6-4-5-7-12(11)14(18)19/h4-7,16H,2-3,8-10H2,1H3,(H,18,19). The van der Waals surface area contributed by atoms with E-state index in [4.69, 9.17) is 10.2 Å². The first-order valence-corrected chi connectivity index (χ1v) is 6.34. The molecule has 0 heterocycles. The zero-order valence-electron chi connectivity index (χ0n) is 11.0. The summed E-state index contributed by atoms with van der Waals surface area (Å²) in [7, 11) is 0. The van der Waals surface area contributed by atoms with Crippen molar-refractivity contribution in [3.05, 3.63) is 35.4 Å². The van der Waals surface area contributed by atoms with E-state index in [-0.39, 0.29) is 30.2 Å². The molecule has 1 amide bonds. The number of carbonyl (C=O) groups is 2. The van der Waals surface area contributed by atoms with E-state index in [0.717, 1.165) is 12.8 Å². The molecule has 5 nitrogen and oxygen atoms in total. The third-order valence-corrected chi connectivity index (χ3v) is 2.83. The van der Waals surface area contributed by atoms with Crippen LogP contribution in [0.5, 0.6) is 0 Å². The van der Waals surface area contributed by atoms with Gasteiger partial charge in [-0.15, -0.1) is 0 Å². The van der Waals surface area contributed by atoms with Crippen LogP contribution in [0.4, 0.5) is 0 Å². The highest BCUT2D eigenvalue weighted by Crippen LogP contribution is 2.12. The largest absolute Gasteiger partial charge is 0.478 e. The molecule has 0 saturated carbocycles. The molecule has 0 fully saturated rings. The Morgan fingerprint density at radius 2 is 1.79 bits per heavy atom. The second-order valence-corrected chi connectivity index (χ2v) is 4.22. The SMILES string of the molecule is CCCCN(CCO)C(=O)c1ccccc1C(=O)O. The van der Waals surface area contributed by atoms with Gasteiger partial charge in [0.2, 0.25) is 0 Å². The maximum Gasteiger partial charge on any atom is 0.336 e. The molecule has 0 spiro atoms. The van der Waals surface area contributed by atoms with Crippen LogP contribution in [-0.2, 0) is 0 Å². The van der Waals surface area contributed by atoms with Gasteiger partial charge in [0.1, 0.15) is 0 Å². The Morgan fingerprint density at radius 1 is 1.16 bits per heavy atom. The molecule has 1 rings (SSSR count). The minimum absolute atomic E-state index is 0.00746. The van der Waals surface area contributed by atoms with E-state index in [1.54, 1.807) is 12.1 Å². The quantitative estimate of drug-likeness (QED) is 0.785. The van der Waals surface area contributed by atoms with Crippen LogP contribution in [0.2, 0.25) is 0 Å². The molecule has 1 aromatic rings. The van der Waals surface area contributed by atoms with Gasteiger partial charge in [0, 0.05) is 13.1 Å². The van der Waals surface area contributed by atoms with Gasteiger partial charge in [-0.1, -0.05) is 25.5 Å². The number of unbranched alkanes of at least 4 members (excludes halogenated alkanes) is 1. The van der Waals surface area contributed by atoms with Crippen molar-refractivity contribution in [2.45, 2.75) is 19.8 Å². The lowest BCUT2D eigenvalue weighted by molar-refractivity contribution is 0.0665. The highest BCUT2D eigenvalue weighted by molar-refractivity contribution is 6.04. The van der Waals surface area contributed by atoms with Crippen LogP contribution in [-0.4, -0.2) is 46.7 Å². The maximum absolute atomic E-state index is 12.3. The van der Waals surface area contributed by atoms with Crippen molar-refractivity contribution in [1.82, 2.24) is 4.90 Å². The molecule has 0 saturated heterocycles. The van der Waals surface area contributed by atoms with Crippen LogP contribution < -0.4 is 0 Å². The van der Waals surface area contributed by atoms with Crippen molar-refractivity contribution in [3.8, 4) is 0 Å². The number of nitrogens with zero attached hydrogens (tertiary/aromatic N) is 1. The minimum Gasteiger partial charge on any atom is -0.478 e. The zero-order valence-corrected chi connectivity index (χ0v) is 11.0. The van der Waals surface area contributed by atoms with Gasteiger partial charge in [-0.05, 0) is 18.6 Å². The second kappa shape index (κ2) is 7.53. The van der Waals surface area contributed by atoms with Crippen LogP contribution >= 0.6 is 0 Å². The molecule has 19 heavy (non-hydrogen) atoms. The molecular weight excluding hydrogens is 246 g/mol. The van der Waals surface area contributed by atoms with Crippen molar-refractivity contribution in [2.24, 2.45) is 0 Å². The highest BCUT2D eigenvalue weighted by Gasteiger charge is 2.20. The van der Waals surface area contributed by atoms with Crippen molar-refractivity contribution >= 4 is 11.9 Å². The Balaban J connectivity index is 2.98. The fourth-order valence-electron chi connectivity index (χ4n) is 1.81. The number of benzene rings is 1. The molecule has 0 radical (unpaired) electrons. The molecule has 0 atom stereocenters. The second-order valence-electron chi connectivity index (χ2n) is 4.22. The van der Waals surface area contributed by atoms with E-state index in [2.05, 4.69) is 0 Å². The Bertz CT molecular complexity index is 445. The molecule has 0 unspecified atom stereocenters. The van der Waals surface area contributed by atoms with Gasteiger partial charge >= 0.3 is 5.97 Å². The maximum atomic E-state index is 12.3. The highest BCUT2D eigenvalue weighted by atomic mass is 16.4. The normalized spacial score (nSPS) is 10.2. The third-order valence-electron chi connectivity index (χ3n) is 2.83. The predicted octanol–water partition coefficient (Wildman–Crippen LogP) is 1.62. The van der Waals surface area contributed by atoms with Crippen molar-refractivity contribution < 1.29 is 19.8 Å². The van der Waals surface area contributed by atoms with Gasteiger partial charge in [0.05, 0.1) is 17.7 Å². The van der Waals surface area contributed by atoms with Crippen LogP contribution in [0, 0.1) is 0 Å². The minimum atomic E-state index is -1.12. The Morgan fingerprint density at radius 3 is 2.32 bits per heavy atom. The number of carboxylic acid groups (broad SMARTS) is 1. The average Bonchev–Trinajstić information content (AvgIpc) is 2.42. The summed E-state index contributed by atoms with van der Waals surface area (Å²) in [6.45, 7) is 2.61. The van der Waals surface area contributed by atoms with E-state index in [0.29, 0.717) is 6.54 Å². The molecule has 0 bridgehead atoms. The van der Waals surface area contributed by atoms with Gasteiger partial charge in [-0.2, -0.15) is 0 Å². The Hall–Kier alpha value is -1.88. The van der Waals surface area contributed by atoms with Gasteiger partial charge in [0.15, 0.2) is 0 Å². The van der Waals surface area contributed by atoms with E-state index in [1.807, 2.05) is 6.92 Å². The lowest BCUT2D eigenvalue weighted by atomic mass is 10.1. The van der Waals surface area contributed by atoms with E-state index < -0.39 is 5.97 Å². The zero-order chi connectivity index (χ0) is 14.3. The summed E-state index contributed by atoms with van der Waals surface area (Å²) in [5.41, 5.74) is 0.159. The summed E-state index contributed by atoms with van der Waals surface area (Å²) < 4.78 is 0. The number of aliphatic hydroxyl groups is 1. The first-order chi connectivity index (χ1) is 9.11. The average molecular weight is 265 g/mol. The first kappa shape index (κ1) is 15.2. The first-order valence-electron chi connectivity index (χ1n) is 6.34. The van der Waals surface area contributed by atoms with Gasteiger partial charge < -0.3 is 15.1 Å². The smallest absolute Gasteiger partial charge is 0.336 e. The van der Waals surface area contributed by atoms with Crippen LogP contribution in [0.1, 0.15) is 40.5 Å². The number of carboxylic acids is 1. The Kier molecular flexibility index (Phi) is 6.02. The molecule has 1 aromatic carbocycles. The van der Waals surface area contributed by atoms with Crippen molar-refractivity contribution in [2.75, 3.05) is 19.7 Å². The lowest BCUT2D eigenvalue weighted by Gasteiger charge is -2.22. The number of amides is 1. The van der Waals surface area contributed by atoms with Gasteiger partial charge in [-0.3, -0.25) is 4.79 Å². The number of hydrogen-bond donors (Lipinski definition) is 2. The fourth-order valence-corrected chi connectivity index (χ4v) is 1.81. The molecule has 2 N–H and O–H groups in total. The summed E-state index contributed by atoms with van der Waals surface area (Å²) in [5, 5.41) is 18.1. The van der Waals surface area contributed by atoms with E-state index in [1.165, 1.54) is 17.0 Å². The number of aliphatic hydroxyl groups excluding tert-OH is 1. The van der Waals surface area contributed by atoms with Crippen LogP contribution in [0.15, 0.2) is 24.3 Å². The summed E-state index contributed by atoms with van der Waals surface area (Å²) in [6, 6.07) is 6.13. The summed E-state index contributed by atoms with van der Waals surface area (Å²) >= 11 is 0. The lowest BCUT2D eigenvalue weighted by Crippen LogP contribution is -2.35. The number of hydrogen-bond acceptors (Lipinski definition) is 3. The van der Waals surface area contributed by atoms with E-state index >= 15 is 0 Å². The molecule has 104 valence electrons.